The Morgan fingerprint density at radius 1 is 0.871 bits per heavy atom. The lowest BCUT2D eigenvalue weighted by molar-refractivity contribution is -0.121. The van der Waals surface area contributed by atoms with Crippen LogP contribution in [0.1, 0.15) is 17.5 Å². The standard InChI is InChI=1S/C25H24N2O4/c28-25(26-14-19-10-11-23-24(12-19)31-17-30-23)13-20-16-29-22-9-5-4-8-21(22)27(20)15-18-6-2-1-3-7-18/h1-12,20H,13-17H2,(H,26,28)/t20-/m0/s1. The fourth-order valence-corrected chi connectivity index (χ4v) is 3.99. The maximum atomic E-state index is 12.8. The first-order valence-electron chi connectivity index (χ1n) is 10.4. The van der Waals surface area contributed by atoms with Gasteiger partial charge in [0.25, 0.3) is 0 Å². The monoisotopic (exact) mass is 416 g/mol. The van der Waals surface area contributed by atoms with Gasteiger partial charge in [0.2, 0.25) is 12.7 Å². The third-order valence-corrected chi connectivity index (χ3v) is 5.59. The number of nitrogens with one attached hydrogen (secondary N) is 1. The molecular weight excluding hydrogens is 392 g/mol. The first-order chi connectivity index (χ1) is 15.3. The number of benzene rings is 3. The highest BCUT2D eigenvalue weighted by molar-refractivity contribution is 5.77. The molecule has 158 valence electrons. The van der Waals surface area contributed by atoms with Crippen molar-refractivity contribution in [1.29, 1.82) is 0 Å². The van der Waals surface area contributed by atoms with Gasteiger partial charge in [0.1, 0.15) is 12.4 Å². The maximum Gasteiger partial charge on any atom is 0.231 e. The topological polar surface area (TPSA) is 60.0 Å². The van der Waals surface area contributed by atoms with Crippen molar-refractivity contribution in [2.75, 3.05) is 18.3 Å². The van der Waals surface area contributed by atoms with E-state index in [1.807, 2.05) is 54.6 Å². The highest BCUT2D eigenvalue weighted by atomic mass is 16.7. The minimum absolute atomic E-state index is 0.0105. The Bertz CT molecular complexity index is 1070. The van der Waals surface area contributed by atoms with E-state index in [-0.39, 0.29) is 18.7 Å². The Kier molecular flexibility index (Phi) is 5.35. The number of nitrogens with zero attached hydrogens (tertiary/aromatic N) is 1. The minimum atomic E-state index is -0.0492. The van der Waals surface area contributed by atoms with Crippen LogP contribution in [0.2, 0.25) is 0 Å². The van der Waals surface area contributed by atoms with Gasteiger partial charge in [0.05, 0.1) is 18.2 Å². The second-order valence-electron chi connectivity index (χ2n) is 7.71. The van der Waals surface area contributed by atoms with Crippen LogP contribution < -0.4 is 24.4 Å². The molecule has 31 heavy (non-hydrogen) atoms. The number of rotatable bonds is 6. The predicted octanol–water partition coefficient (Wildman–Crippen LogP) is 3.89. The van der Waals surface area contributed by atoms with Gasteiger partial charge in [0.15, 0.2) is 11.5 Å². The fourth-order valence-electron chi connectivity index (χ4n) is 3.99. The summed E-state index contributed by atoms with van der Waals surface area (Å²) in [5.74, 6) is 2.31. The lowest BCUT2D eigenvalue weighted by Gasteiger charge is -2.38. The fraction of sp³-hybridized carbons (Fsp3) is 0.240. The summed E-state index contributed by atoms with van der Waals surface area (Å²) >= 11 is 0. The van der Waals surface area contributed by atoms with E-state index >= 15 is 0 Å². The number of hydrogen-bond donors (Lipinski definition) is 1. The van der Waals surface area contributed by atoms with Gasteiger partial charge < -0.3 is 24.4 Å². The lowest BCUT2D eigenvalue weighted by atomic mass is 10.1. The van der Waals surface area contributed by atoms with Crippen molar-refractivity contribution in [3.63, 3.8) is 0 Å². The van der Waals surface area contributed by atoms with Gasteiger partial charge >= 0.3 is 0 Å². The first-order valence-corrected chi connectivity index (χ1v) is 10.4. The largest absolute Gasteiger partial charge is 0.489 e. The Balaban J connectivity index is 1.27. The van der Waals surface area contributed by atoms with E-state index < -0.39 is 0 Å². The Morgan fingerprint density at radius 2 is 1.68 bits per heavy atom. The van der Waals surface area contributed by atoms with Crippen molar-refractivity contribution in [3.8, 4) is 17.2 Å². The SMILES string of the molecule is O=C(C[C@H]1COc2ccccc2N1Cc1ccccc1)NCc1ccc2c(c1)OCO2. The normalized spacial score (nSPS) is 16.4. The third-order valence-electron chi connectivity index (χ3n) is 5.59. The highest BCUT2D eigenvalue weighted by Crippen LogP contribution is 2.35. The number of hydrogen-bond acceptors (Lipinski definition) is 5. The number of carbonyl (C=O) groups excluding carboxylic acids is 1. The predicted molar refractivity (Wildman–Crippen MR) is 117 cm³/mol. The van der Waals surface area contributed by atoms with Gasteiger partial charge in [-0.25, -0.2) is 0 Å². The summed E-state index contributed by atoms with van der Waals surface area (Å²) in [6.45, 7) is 1.88. The molecule has 5 rings (SSSR count). The number of fused-ring (bicyclic) bond motifs is 2. The smallest absolute Gasteiger partial charge is 0.231 e. The van der Waals surface area contributed by atoms with Gasteiger partial charge in [-0.05, 0) is 35.4 Å². The number of anilines is 1. The molecule has 3 aromatic rings. The van der Waals surface area contributed by atoms with Gasteiger partial charge in [-0.3, -0.25) is 4.79 Å². The number of amides is 1. The molecule has 2 aliphatic rings. The molecular formula is C25H24N2O4. The van der Waals surface area contributed by atoms with Crippen LogP contribution in [0.5, 0.6) is 17.2 Å². The van der Waals surface area contributed by atoms with Crippen LogP contribution >= 0.6 is 0 Å². The van der Waals surface area contributed by atoms with Crippen molar-refractivity contribution in [3.05, 3.63) is 83.9 Å². The summed E-state index contributed by atoms with van der Waals surface area (Å²) in [7, 11) is 0. The van der Waals surface area contributed by atoms with Crippen LogP contribution in [0.15, 0.2) is 72.8 Å². The van der Waals surface area contributed by atoms with E-state index in [1.54, 1.807) is 0 Å². The Morgan fingerprint density at radius 3 is 2.58 bits per heavy atom. The molecule has 0 aliphatic carbocycles. The van der Waals surface area contributed by atoms with E-state index in [2.05, 4.69) is 28.4 Å². The zero-order valence-electron chi connectivity index (χ0n) is 17.1. The summed E-state index contributed by atoms with van der Waals surface area (Å²) in [6, 6.07) is 24.0. The number of ether oxygens (including phenoxy) is 3. The number of carbonyl (C=O) groups is 1. The molecule has 1 atom stereocenters. The summed E-state index contributed by atoms with van der Waals surface area (Å²) < 4.78 is 16.7. The molecule has 0 unspecified atom stereocenters. The van der Waals surface area contributed by atoms with Crippen LogP contribution in [0, 0.1) is 0 Å². The Labute approximate surface area is 181 Å². The summed E-state index contributed by atoms with van der Waals surface area (Å²) in [6.07, 6.45) is 0.353. The van der Waals surface area contributed by atoms with Crippen LogP contribution in [0.3, 0.4) is 0 Å². The van der Waals surface area contributed by atoms with E-state index in [4.69, 9.17) is 14.2 Å². The van der Waals surface area contributed by atoms with Crippen LogP contribution in [-0.4, -0.2) is 25.3 Å². The van der Waals surface area contributed by atoms with E-state index in [9.17, 15) is 4.79 Å². The number of para-hydroxylation sites is 2. The molecule has 0 aromatic heterocycles. The van der Waals surface area contributed by atoms with Crippen molar-refractivity contribution in [1.82, 2.24) is 5.32 Å². The van der Waals surface area contributed by atoms with Crippen LogP contribution in [0.25, 0.3) is 0 Å². The summed E-state index contributed by atoms with van der Waals surface area (Å²) in [4.78, 5) is 15.1. The molecule has 2 heterocycles. The van der Waals surface area contributed by atoms with Crippen LogP contribution in [0.4, 0.5) is 5.69 Å². The first kappa shape index (κ1) is 19.3. The highest BCUT2D eigenvalue weighted by Gasteiger charge is 2.29. The van der Waals surface area contributed by atoms with E-state index in [0.717, 1.165) is 35.0 Å². The third kappa shape index (κ3) is 4.28. The van der Waals surface area contributed by atoms with Gasteiger partial charge in [0, 0.05) is 13.1 Å². The van der Waals surface area contributed by atoms with Crippen molar-refractivity contribution >= 4 is 11.6 Å². The molecule has 0 fully saturated rings. The average Bonchev–Trinajstić information content (AvgIpc) is 3.28. The molecule has 0 saturated heterocycles. The van der Waals surface area contributed by atoms with Crippen LogP contribution in [-0.2, 0) is 17.9 Å². The van der Waals surface area contributed by atoms with Crippen molar-refractivity contribution in [2.45, 2.75) is 25.6 Å². The second-order valence-corrected chi connectivity index (χ2v) is 7.71. The molecule has 0 radical (unpaired) electrons. The van der Waals surface area contributed by atoms with E-state index in [0.29, 0.717) is 19.6 Å². The average molecular weight is 416 g/mol. The molecule has 0 bridgehead atoms. The lowest BCUT2D eigenvalue weighted by Crippen LogP contribution is -2.45. The molecule has 6 nitrogen and oxygen atoms in total. The quantitative estimate of drug-likeness (QED) is 0.661. The molecule has 2 aliphatic heterocycles. The second kappa shape index (κ2) is 8.60. The van der Waals surface area contributed by atoms with Crippen molar-refractivity contribution in [2.24, 2.45) is 0 Å². The zero-order chi connectivity index (χ0) is 21.0. The van der Waals surface area contributed by atoms with E-state index in [1.165, 1.54) is 5.56 Å². The van der Waals surface area contributed by atoms with Gasteiger partial charge in [-0.1, -0.05) is 48.5 Å². The van der Waals surface area contributed by atoms with Gasteiger partial charge in [-0.2, -0.15) is 0 Å². The molecule has 6 heteroatoms. The summed E-state index contributed by atoms with van der Waals surface area (Å²) in [5.41, 5.74) is 3.19. The minimum Gasteiger partial charge on any atom is -0.489 e. The van der Waals surface area contributed by atoms with Crippen molar-refractivity contribution < 1.29 is 19.0 Å². The maximum absolute atomic E-state index is 12.8. The Hall–Kier alpha value is -3.67. The zero-order valence-corrected chi connectivity index (χ0v) is 17.1. The summed E-state index contributed by atoms with van der Waals surface area (Å²) in [5, 5.41) is 3.03. The molecule has 3 aromatic carbocycles. The molecule has 1 N–H and O–H groups in total. The van der Waals surface area contributed by atoms with Gasteiger partial charge in [-0.15, -0.1) is 0 Å². The molecule has 0 spiro atoms. The molecule has 0 saturated carbocycles. The molecule has 1 amide bonds.